The van der Waals surface area contributed by atoms with Crippen LogP contribution in [-0.4, -0.2) is 67.6 Å². The molecule has 1 aliphatic rings. The molecule has 0 spiro atoms. The molecule has 0 aliphatic carbocycles. The highest BCUT2D eigenvalue weighted by Crippen LogP contribution is 2.19. The van der Waals surface area contributed by atoms with Gasteiger partial charge in [-0.2, -0.15) is 0 Å². The molecule has 0 aromatic heterocycles. The Morgan fingerprint density at radius 3 is 1.44 bits per heavy atom. The van der Waals surface area contributed by atoms with Crippen LogP contribution in [0, 0.1) is 0 Å². The summed E-state index contributed by atoms with van der Waals surface area (Å²) in [5.41, 5.74) is 1.43. The number of unbranched alkanes of at least 4 members (excludes halogenated alkanes) is 18. The lowest BCUT2D eigenvalue weighted by Gasteiger charge is -2.35. The van der Waals surface area contributed by atoms with Crippen LogP contribution in [0.2, 0.25) is 0 Å². The lowest BCUT2D eigenvalue weighted by molar-refractivity contribution is 0.142. The summed E-state index contributed by atoms with van der Waals surface area (Å²) in [5.74, 6) is 0. The van der Waals surface area contributed by atoms with E-state index in [2.05, 4.69) is 49.2 Å². The van der Waals surface area contributed by atoms with Crippen molar-refractivity contribution in [1.29, 1.82) is 0 Å². The molecule has 1 rings (SSSR count). The molecule has 0 saturated carbocycles. The Hall–Kier alpha value is -0.540. The molecule has 0 N–H and O–H groups in total. The first-order valence-electron chi connectivity index (χ1n) is 17.9. The third-order valence-corrected chi connectivity index (χ3v) is 9.30. The van der Waals surface area contributed by atoms with Gasteiger partial charge in [-0.05, 0) is 78.7 Å². The van der Waals surface area contributed by atoms with Gasteiger partial charge in [0.15, 0.2) is 0 Å². The quantitative estimate of drug-likeness (QED) is 0.0902. The van der Waals surface area contributed by atoms with Gasteiger partial charge in [-0.1, -0.05) is 130 Å². The minimum atomic E-state index is 0.817. The van der Waals surface area contributed by atoms with Crippen molar-refractivity contribution in [3.63, 3.8) is 0 Å². The topological polar surface area (TPSA) is 9.72 Å². The van der Waals surface area contributed by atoms with Crippen LogP contribution in [0.1, 0.15) is 168 Å². The second-order valence-corrected chi connectivity index (χ2v) is 13.0. The van der Waals surface area contributed by atoms with Crippen LogP contribution < -0.4 is 0 Å². The molecule has 3 heteroatoms. The first-order valence-corrected chi connectivity index (χ1v) is 17.9. The number of nitrogens with zero attached hydrogens (tertiary/aromatic N) is 3. The minimum Gasteiger partial charge on any atom is -0.375 e. The number of allylic oxidation sites excluding steroid dienone is 1. The maximum Gasteiger partial charge on any atom is 0.0174 e. The Morgan fingerprint density at radius 2 is 0.974 bits per heavy atom. The summed E-state index contributed by atoms with van der Waals surface area (Å²) in [6, 6.07) is 0.817. The fourth-order valence-corrected chi connectivity index (χ4v) is 6.30. The highest BCUT2D eigenvalue weighted by Gasteiger charge is 2.19. The third kappa shape index (κ3) is 20.9. The summed E-state index contributed by atoms with van der Waals surface area (Å²) in [4.78, 5) is 7.80. The zero-order chi connectivity index (χ0) is 28.4. The Bertz CT molecular complexity index is 505. The minimum absolute atomic E-state index is 0.817. The summed E-state index contributed by atoms with van der Waals surface area (Å²) >= 11 is 0. The fourth-order valence-electron chi connectivity index (χ4n) is 6.30. The van der Waals surface area contributed by atoms with Crippen molar-refractivity contribution < 1.29 is 0 Å². The number of rotatable bonds is 28. The number of piperidine rings is 1. The van der Waals surface area contributed by atoms with Gasteiger partial charge in [-0.25, -0.2) is 0 Å². The standard InChI is InChI=1S/C36H73N3/c1-6-8-10-12-14-16-21-25-31-39(32-26-22-17-15-13-11-9-7-2)35(3)27-23-19-18-20-24-30-38(5)36-28-33-37(4)34-29-36/h36H,3,6-34H2,1-2,4-5H3. The monoisotopic (exact) mass is 548 g/mol. The molecule has 0 unspecified atom stereocenters. The maximum atomic E-state index is 4.58. The van der Waals surface area contributed by atoms with Gasteiger partial charge in [0.25, 0.3) is 0 Å². The molecule has 232 valence electrons. The number of hydrogen-bond acceptors (Lipinski definition) is 3. The lowest BCUT2D eigenvalue weighted by Crippen LogP contribution is -2.42. The fraction of sp³-hybridized carbons (Fsp3) is 0.944. The largest absolute Gasteiger partial charge is 0.375 e. The normalized spacial score (nSPS) is 14.9. The van der Waals surface area contributed by atoms with Gasteiger partial charge in [-0.3, -0.25) is 0 Å². The molecule has 0 bridgehead atoms. The van der Waals surface area contributed by atoms with Crippen molar-refractivity contribution in [2.45, 2.75) is 174 Å². The predicted octanol–water partition coefficient (Wildman–Crippen LogP) is 10.5. The number of hydrogen-bond donors (Lipinski definition) is 0. The molecule has 0 atom stereocenters. The highest BCUT2D eigenvalue weighted by molar-refractivity contribution is 4.93. The van der Waals surface area contributed by atoms with Gasteiger partial charge in [0.05, 0.1) is 0 Å². The zero-order valence-electron chi connectivity index (χ0n) is 27.6. The van der Waals surface area contributed by atoms with Crippen LogP contribution in [0.3, 0.4) is 0 Å². The molecule has 3 nitrogen and oxygen atoms in total. The summed E-state index contributed by atoms with van der Waals surface area (Å²) in [6.07, 6.45) is 33.3. The smallest absolute Gasteiger partial charge is 0.0174 e. The van der Waals surface area contributed by atoms with E-state index in [0.29, 0.717) is 0 Å². The van der Waals surface area contributed by atoms with Crippen molar-refractivity contribution in [2.24, 2.45) is 0 Å². The van der Waals surface area contributed by atoms with Crippen molar-refractivity contribution in [3.05, 3.63) is 12.3 Å². The van der Waals surface area contributed by atoms with E-state index in [1.165, 1.54) is 193 Å². The Kier molecular flexibility index (Phi) is 24.7. The van der Waals surface area contributed by atoms with Crippen molar-refractivity contribution in [1.82, 2.24) is 14.7 Å². The van der Waals surface area contributed by atoms with Crippen LogP contribution in [0.5, 0.6) is 0 Å². The second kappa shape index (κ2) is 26.4. The van der Waals surface area contributed by atoms with Crippen LogP contribution in [0.4, 0.5) is 0 Å². The summed E-state index contributed by atoms with van der Waals surface area (Å²) in [7, 11) is 4.62. The molecule has 0 aromatic rings. The van der Waals surface area contributed by atoms with Gasteiger partial charge in [0.1, 0.15) is 0 Å². The third-order valence-electron chi connectivity index (χ3n) is 9.30. The lowest BCUT2D eigenvalue weighted by atomic mass is 10.0. The molecule has 0 aromatic carbocycles. The van der Waals surface area contributed by atoms with Crippen molar-refractivity contribution in [3.8, 4) is 0 Å². The molecule has 1 saturated heterocycles. The number of likely N-dealkylation sites (tertiary alicyclic amines) is 1. The summed E-state index contributed by atoms with van der Waals surface area (Å²) < 4.78 is 0. The van der Waals surface area contributed by atoms with E-state index in [9.17, 15) is 0 Å². The highest BCUT2D eigenvalue weighted by atomic mass is 15.2. The van der Waals surface area contributed by atoms with Gasteiger partial charge in [-0.15, -0.1) is 0 Å². The molecule has 1 fully saturated rings. The molecule has 0 radical (unpaired) electrons. The van der Waals surface area contributed by atoms with Gasteiger partial charge < -0.3 is 14.7 Å². The summed E-state index contributed by atoms with van der Waals surface area (Å²) in [6.45, 7) is 15.5. The van der Waals surface area contributed by atoms with E-state index in [4.69, 9.17) is 0 Å². The molecular formula is C36H73N3. The van der Waals surface area contributed by atoms with E-state index in [0.717, 1.165) is 6.04 Å². The van der Waals surface area contributed by atoms with Gasteiger partial charge in [0, 0.05) is 24.8 Å². The van der Waals surface area contributed by atoms with E-state index in [1.54, 1.807) is 0 Å². The zero-order valence-corrected chi connectivity index (χ0v) is 27.6. The molecular weight excluding hydrogens is 474 g/mol. The van der Waals surface area contributed by atoms with E-state index in [1.807, 2.05) is 0 Å². The van der Waals surface area contributed by atoms with Gasteiger partial charge >= 0.3 is 0 Å². The van der Waals surface area contributed by atoms with Gasteiger partial charge in [0.2, 0.25) is 0 Å². The van der Waals surface area contributed by atoms with E-state index >= 15 is 0 Å². The Morgan fingerprint density at radius 1 is 0.590 bits per heavy atom. The molecule has 1 heterocycles. The van der Waals surface area contributed by atoms with E-state index in [-0.39, 0.29) is 0 Å². The van der Waals surface area contributed by atoms with Crippen molar-refractivity contribution >= 4 is 0 Å². The Labute approximate surface area is 247 Å². The predicted molar refractivity (Wildman–Crippen MR) is 177 cm³/mol. The van der Waals surface area contributed by atoms with Crippen LogP contribution >= 0.6 is 0 Å². The average molecular weight is 548 g/mol. The van der Waals surface area contributed by atoms with E-state index < -0.39 is 0 Å². The SMILES string of the molecule is C=C(CCCCCCCN(C)C1CCN(C)CC1)N(CCCCCCCCCC)CCCCCCCCCC. The first-order chi connectivity index (χ1) is 19.1. The molecule has 1 aliphatic heterocycles. The van der Waals surface area contributed by atoms with Crippen LogP contribution in [0.15, 0.2) is 12.3 Å². The molecule has 39 heavy (non-hydrogen) atoms. The van der Waals surface area contributed by atoms with Crippen molar-refractivity contribution in [2.75, 3.05) is 46.8 Å². The molecule has 0 amide bonds. The van der Waals surface area contributed by atoms with Crippen LogP contribution in [0.25, 0.3) is 0 Å². The Balaban J connectivity index is 2.19. The first kappa shape index (κ1) is 36.5. The maximum absolute atomic E-state index is 4.58. The average Bonchev–Trinajstić information content (AvgIpc) is 2.94. The summed E-state index contributed by atoms with van der Waals surface area (Å²) in [5, 5.41) is 0. The van der Waals surface area contributed by atoms with Crippen LogP contribution in [-0.2, 0) is 0 Å². The second-order valence-electron chi connectivity index (χ2n) is 13.0.